The predicted molar refractivity (Wildman–Crippen MR) is 78.3 cm³/mol. The summed E-state index contributed by atoms with van der Waals surface area (Å²) in [6, 6.07) is 9.04. The van der Waals surface area contributed by atoms with Crippen LogP contribution in [0.1, 0.15) is 24.2 Å². The summed E-state index contributed by atoms with van der Waals surface area (Å²) in [6.07, 6.45) is 2.48. The maximum Gasteiger partial charge on any atom is 0.134 e. The number of aryl methyl sites for hydroxylation is 1. The van der Waals surface area contributed by atoms with Crippen LogP contribution >= 0.6 is 0 Å². The average molecular weight is 258 g/mol. The van der Waals surface area contributed by atoms with Crippen LogP contribution in [0, 0.1) is 6.92 Å². The first kappa shape index (κ1) is 12.7. The van der Waals surface area contributed by atoms with Gasteiger partial charge < -0.3 is 9.73 Å². The largest absolute Gasteiger partial charge is 0.461 e. The Hall–Kier alpha value is -1.32. The van der Waals surface area contributed by atoms with Crippen molar-refractivity contribution < 1.29 is 4.42 Å². The highest BCUT2D eigenvalue weighted by atomic mass is 16.3. The van der Waals surface area contributed by atoms with Crippen LogP contribution in [0.25, 0.3) is 11.0 Å². The minimum Gasteiger partial charge on any atom is -0.461 e. The summed E-state index contributed by atoms with van der Waals surface area (Å²) in [6.45, 7) is 5.43. The summed E-state index contributed by atoms with van der Waals surface area (Å²) in [4.78, 5) is 2.54. The molecular formula is C16H22N2O. The number of hydrogen-bond donors (Lipinski definition) is 1. The summed E-state index contributed by atoms with van der Waals surface area (Å²) >= 11 is 0. The van der Waals surface area contributed by atoms with Gasteiger partial charge in [0, 0.05) is 23.5 Å². The van der Waals surface area contributed by atoms with Gasteiger partial charge in [-0.05, 0) is 46.0 Å². The Morgan fingerprint density at radius 1 is 1.26 bits per heavy atom. The molecule has 1 fully saturated rings. The van der Waals surface area contributed by atoms with Gasteiger partial charge in [-0.1, -0.05) is 18.2 Å². The molecule has 3 heteroatoms. The number of benzene rings is 1. The molecule has 0 unspecified atom stereocenters. The van der Waals surface area contributed by atoms with Crippen LogP contribution in [0.3, 0.4) is 0 Å². The van der Waals surface area contributed by atoms with Gasteiger partial charge in [0.2, 0.25) is 0 Å². The topological polar surface area (TPSA) is 28.4 Å². The number of furan rings is 1. The number of nitrogens with zero attached hydrogens (tertiary/aromatic N) is 1. The molecule has 1 aliphatic rings. The fourth-order valence-corrected chi connectivity index (χ4v) is 3.02. The molecule has 0 atom stereocenters. The van der Waals surface area contributed by atoms with Gasteiger partial charge in [-0.2, -0.15) is 0 Å². The maximum atomic E-state index is 5.84. The van der Waals surface area contributed by atoms with Gasteiger partial charge in [-0.3, -0.25) is 4.90 Å². The molecule has 102 valence electrons. The molecule has 0 saturated carbocycles. The number of para-hydroxylation sites is 1. The normalized spacial score (nSPS) is 18.2. The van der Waals surface area contributed by atoms with E-state index in [4.69, 9.17) is 4.42 Å². The molecule has 3 nitrogen and oxygen atoms in total. The fraction of sp³-hybridized carbons (Fsp3) is 0.500. The Bertz CT molecular complexity index is 553. The van der Waals surface area contributed by atoms with E-state index in [-0.39, 0.29) is 0 Å². The Balaban J connectivity index is 1.77. The van der Waals surface area contributed by atoms with Gasteiger partial charge in [-0.15, -0.1) is 0 Å². The molecule has 2 heterocycles. The van der Waals surface area contributed by atoms with Crippen molar-refractivity contribution in [3.63, 3.8) is 0 Å². The zero-order valence-electron chi connectivity index (χ0n) is 11.8. The molecule has 0 aliphatic carbocycles. The molecule has 19 heavy (non-hydrogen) atoms. The first-order valence-electron chi connectivity index (χ1n) is 7.14. The quantitative estimate of drug-likeness (QED) is 0.917. The van der Waals surface area contributed by atoms with Gasteiger partial charge >= 0.3 is 0 Å². The Morgan fingerprint density at radius 3 is 2.74 bits per heavy atom. The van der Waals surface area contributed by atoms with E-state index in [2.05, 4.69) is 42.4 Å². The summed E-state index contributed by atoms with van der Waals surface area (Å²) in [7, 11) is 2.06. The second-order valence-corrected chi connectivity index (χ2v) is 5.47. The molecular weight excluding hydrogens is 236 g/mol. The van der Waals surface area contributed by atoms with E-state index in [1.165, 1.54) is 36.9 Å². The fourth-order valence-electron chi connectivity index (χ4n) is 3.02. The number of hydrogen-bond acceptors (Lipinski definition) is 3. The molecule has 0 radical (unpaired) electrons. The minimum atomic E-state index is 0.693. The smallest absolute Gasteiger partial charge is 0.134 e. The van der Waals surface area contributed by atoms with Crippen LogP contribution in [0.2, 0.25) is 0 Å². The lowest BCUT2D eigenvalue weighted by Crippen LogP contribution is -2.40. The molecule has 1 aliphatic heterocycles. The number of likely N-dealkylation sites (tertiary alicyclic amines) is 1. The molecule has 3 rings (SSSR count). The number of piperidine rings is 1. The molecule has 1 saturated heterocycles. The van der Waals surface area contributed by atoms with Crippen molar-refractivity contribution in [1.82, 2.24) is 10.2 Å². The first-order chi connectivity index (χ1) is 9.28. The Kier molecular flexibility index (Phi) is 3.58. The van der Waals surface area contributed by atoms with Gasteiger partial charge in [0.1, 0.15) is 11.3 Å². The van der Waals surface area contributed by atoms with Crippen molar-refractivity contribution >= 4 is 11.0 Å². The molecule has 1 aromatic carbocycles. The summed E-state index contributed by atoms with van der Waals surface area (Å²) in [5, 5.41) is 4.65. The monoisotopic (exact) mass is 258 g/mol. The number of nitrogens with one attached hydrogen (secondary N) is 1. The SMILES string of the molecule is CNC1CCN(Cc2c(C)oc3ccccc23)CC1. The highest BCUT2D eigenvalue weighted by Crippen LogP contribution is 2.27. The van der Waals surface area contributed by atoms with Crippen molar-refractivity contribution in [1.29, 1.82) is 0 Å². The van der Waals surface area contributed by atoms with Crippen molar-refractivity contribution in [3.05, 3.63) is 35.6 Å². The summed E-state index contributed by atoms with van der Waals surface area (Å²) < 4.78 is 5.84. The third kappa shape index (κ3) is 2.53. The Labute approximate surface area is 114 Å². The second-order valence-electron chi connectivity index (χ2n) is 5.47. The van der Waals surface area contributed by atoms with E-state index in [0.717, 1.165) is 17.9 Å². The molecule has 1 N–H and O–H groups in total. The Morgan fingerprint density at radius 2 is 2.00 bits per heavy atom. The lowest BCUT2D eigenvalue weighted by Gasteiger charge is -2.31. The van der Waals surface area contributed by atoms with E-state index in [9.17, 15) is 0 Å². The standard InChI is InChI=1S/C16H22N2O/c1-12-15(14-5-3-4-6-16(14)19-12)11-18-9-7-13(17-2)8-10-18/h3-6,13,17H,7-11H2,1-2H3. The number of rotatable bonds is 3. The lowest BCUT2D eigenvalue weighted by atomic mass is 10.0. The van der Waals surface area contributed by atoms with Gasteiger partial charge in [0.05, 0.1) is 0 Å². The van der Waals surface area contributed by atoms with Crippen LogP contribution in [-0.4, -0.2) is 31.1 Å². The van der Waals surface area contributed by atoms with Crippen molar-refractivity contribution in [3.8, 4) is 0 Å². The molecule has 0 spiro atoms. The van der Waals surface area contributed by atoms with E-state index in [1.54, 1.807) is 0 Å². The first-order valence-corrected chi connectivity index (χ1v) is 7.14. The third-order valence-electron chi connectivity index (χ3n) is 4.28. The third-order valence-corrected chi connectivity index (χ3v) is 4.28. The van der Waals surface area contributed by atoms with E-state index in [0.29, 0.717) is 6.04 Å². The summed E-state index contributed by atoms with van der Waals surface area (Å²) in [5.41, 5.74) is 2.37. The highest BCUT2D eigenvalue weighted by molar-refractivity contribution is 5.82. The van der Waals surface area contributed by atoms with Crippen LogP contribution < -0.4 is 5.32 Å². The van der Waals surface area contributed by atoms with Crippen LogP contribution in [-0.2, 0) is 6.54 Å². The zero-order chi connectivity index (χ0) is 13.2. The second kappa shape index (κ2) is 5.35. The van der Waals surface area contributed by atoms with Crippen LogP contribution in [0.15, 0.2) is 28.7 Å². The summed E-state index contributed by atoms with van der Waals surface area (Å²) in [5.74, 6) is 1.07. The van der Waals surface area contributed by atoms with Crippen molar-refractivity contribution in [2.24, 2.45) is 0 Å². The molecule has 1 aromatic heterocycles. The van der Waals surface area contributed by atoms with Crippen molar-refractivity contribution in [2.45, 2.75) is 32.4 Å². The van der Waals surface area contributed by atoms with Crippen LogP contribution in [0.5, 0.6) is 0 Å². The molecule has 0 bridgehead atoms. The number of fused-ring (bicyclic) bond motifs is 1. The van der Waals surface area contributed by atoms with E-state index >= 15 is 0 Å². The minimum absolute atomic E-state index is 0.693. The van der Waals surface area contributed by atoms with Gasteiger partial charge in [0.15, 0.2) is 0 Å². The van der Waals surface area contributed by atoms with Crippen LogP contribution in [0.4, 0.5) is 0 Å². The van der Waals surface area contributed by atoms with Gasteiger partial charge in [0.25, 0.3) is 0 Å². The molecule has 0 amide bonds. The van der Waals surface area contributed by atoms with Crippen molar-refractivity contribution in [2.75, 3.05) is 20.1 Å². The maximum absolute atomic E-state index is 5.84. The average Bonchev–Trinajstić information content (AvgIpc) is 2.76. The van der Waals surface area contributed by atoms with E-state index < -0.39 is 0 Å². The predicted octanol–water partition coefficient (Wildman–Crippen LogP) is 2.93. The van der Waals surface area contributed by atoms with E-state index in [1.807, 2.05) is 6.07 Å². The highest BCUT2D eigenvalue weighted by Gasteiger charge is 2.20. The lowest BCUT2D eigenvalue weighted by molar-refractivity contribution is 0.194. The zero-order valence-corrected chi connectivity index (χ0v) is 11.8. The van der Waals surface area contributed by atoms with Gasteiger partial charge in [-0.25, -0.2) is 0 Å². The molecule has 2 aromatic rings.